The van der Waals surface area contributed by atoms with Crippen LogP contribution in [0.2, 0.25) is 0 Å². The van der Waals surface area contributed by atoms with E-state index in [2.05, 4.69) is 203 Å². The van der Waals surface area contributed by atoms with Gasteiger partial charge in [0.1, 0.15) is 0 Å². The largest absolute Gasteiger partial charge is 0.309 e. The Labute approximate surface area is 290 Å². The van der Waals surface area contributed by atoms with Gasteiger partial charge in [0.15, 0.2) is 0 Å². The topological polar surface area (TPSA) is 9.86 Å². The van der Waals surface area contributed by atoms with Crippen LogP contribution in [0.4, 0.5) is 0 Å². The highest BCUT2D eigenvalue weighted by Crippen LogP contribution is 2.41. The molecule has 10 aromatic rings. The minimum atomic E-state index is 1.14. The van der Waals surface area contributed by atoms with E-state index >= 15 is 0 Å². The summed E-state index contributed by atoms with van der Waals surface area (Å²) in [5, 5.41) is 5.03. The summed E-state index contributed by atoms with van der Waals surface area (Å²) in [6.07, 6.45) is 0. The van der Waals surface area contributed by atoms with Gasteiger partial charge in [-0.2, -0.15) is 0 Å². The first-order valence-corrected chi connectivity index (χ1v) is 17.2. The summed E-state index contributed by atoms with van der Waals surface area (Å²) in [6.45, 7) is 0. The highest BCUT2D eigenvalue weighted by atomic mass is 15.0. The summed E-state index contributed by atoms with van der Waals surface area (Å²) >= 11 is 0. The number of fused-ring (bicyclic) bond motifs is 6. The van der Waals surface area contributed by atoms with E-state index in [-0.39, 0.29) is 0 Å². The zero-order valence-corrected chi connectivity index (χ0v) is 27.4. The molecule has 0 bridgehead atoms. The Hall–Kier alpha value is -6.64. The van der Waals surface area contributed by atoms with Crippen molar-refractivity contribution < 1.29 is 0 Å². The van der Waals surface area contributed by atoms with Crippen LogP contribution in [0.1, 0.15) is 0 Å². The lowest BCUT2D eigenvalue weighted by Gasteiger charge is -2.15. The first-order chi connectivity index (χ1) is 24.8. The Kier molecular flexibility index (Phi) is 6.53. The van der Waals surface area contributed by atoms with Gasteiger partial charge in [-0.25, -0.2) is 0 Å². The number of aromatic nitrogens is 2. The molecule has 0 aliphatic heterocycles. The summed E-state index contributed by atoms with van der Waals surface area (Å²) in [6, 6.07) is 70.5. The minimum Gasteiger partial charge on any atom is -0.309 e. The third kappa shape index (κ3) is 4.57. The van der Waals surface area contributed by atoms with Crippen LogP contribution in [0.3, 0.4) is 0 Å². The molecule has 2 aromatic heterocycles. The van der Waals surface area contributed by atoms with Crippen LogP contribution < -0.4 is 0 Å². The van der Waals surface area contributed by atoms with Gasteiger partial charge >= 0.3 is 0 Å². The van der Waals surface area contributed by atoms with Crippen molar-refractivity contribution in [1.29, 1.82) is 0 Å². The van der Waals surface area contributed by atoms with E-state index in [9.17, 15) is 0 Å². The van der Waals surface area contributed by atoms with E-state index in [4.69, 9.17) is 0 Å². The Bertz CT molecular complexity index is 2820. The molecule has 0 unspecified atom stereocenters. The number of hydrogen-bond donors (Lipinski definition) is 0. The SMILES string of the molecule is c1ccc(-c2ccc(-c3cc(-c4ccccc4)cc(-n4c5ccccc5c5cc6c7ccccc7n(-c7ccccc7)c6cc54)c3)cc2)cc1. The molecule has 2 nitrogen and oxygen atoms in total. The molecule has 50 heavy (non-hydrogen) atoms. The second-order valence-electron chi connectivity index (χ2n) is 13.0. The van der Waals surface area contributed by atoms with E-state index in [0.717, 1.165) is 11.4 Å². The van der Waals surface area contributed by atoms with Gasteiger partial charge in [0, 0.05) is 32.9 Å². The summed E-state index contributed by atoms with van der Waals surface area (Å²) in [7, 11) is 0. The molecular weight excluding hydrogens is 605 g/mol. The van der Waals surface area contributed by atoms with Crippen molar-refractivity contribution >= 4 is 43.6 Å². The fourth-order valence-electron chi connectivity index (χ4n) is 7.75. The van der Waals surface area contributed by atoms with Gasteiger partial charge in [-0.1, -0.05) is 140 Å². The van der Waals surface area contributed by atoms with Gasteiger partial charge in [-0.05, 0) is 88.0 Å². The summed E-state index contributed by atoms with van der Waals surface area (Å²) < 4.78 is 4.87. The third-order valence-corrected chi connectivity index (χ3v) is 10.1. The quantitative estimate of drug-likeness (QED) is 0.178. The predicted molar refractivity (Wildman–Crippen MR) is 211 cm³/mol. The number of nitrogens with zero attached hydrogens (tertiary/aromatic N) is 2. The van der Waals surface area contributed by atoms with Gasteiger partial charge < -0.3 is 9.13 Å². The maximum Gasteiger partial charge on any atom is 0.0562 e. The molecule has 0 aliphatic carbocycles. The van der Waals surface area contributed by atoms with Crippen molar-refractivity contribution in [2.24, 2.45) is 0 Å². The average Bonchev–Trinajstić information content (AvgIpc) is 3.70. The number of hydrogen-bond acceptors (Lipinski definition) is 0. The van der Waals surface area contributed by atoms with Crippen LogP contribution in [-0.2, 0) is 0 Å². The molecule has 2 heterocycles. The standard InChI is InChI=1S/C48H32N2/c1-4-14-33(15-5-1)35-24-26-36(27-25-35)38-28-37(34-16-6-2-7-17-34)29-40(30-38)50-46-23-13-11-21-42(46)44-31-43-41-20-10-12-22-45(41)49(47(43)32-48(44)50)39-18-8-3-9-19-39/h1-32H. The van der Waals surface area contributed by atoms with Crippen LogP contribution in [0, 0.1) is 0 Å². The van der Waals surface area contributed by atoms with Crippen LogP contribution in [0.5, 0.6) is 0 Å². The lowest BCUT2D eigenvalue weighted by Crippen LogP contribution is -1.97. The smallest absolute Gasteiger partial charge is 0.0562 e. The molecule has 0 amide bonds. The second-order valence-corrected chi connectivity index (χ2v) is 13.0. The van der Waals surface area contributed by atoms with Gasteiger partial charge in [-0.3, -0.25) is 0 Å². The zero-order chi connectivity index (χ0) is 33.0. The molecule has 0 N–H and O–H groups in total. The molecule has 8 aromatic carbocycles. The molecule has 0 aliphatic rings. The Morgan fingerprint density at radius 3 is 1.16 bits per heavy atom. The molecule has 234 valence electrons. The minimum absolute atomic E-state index is 1.14. The van der Waals surface area contributed by atoms with Crippen molar-refractivity contribution in [3.63, 3.8) is 0 Å². The highest BCUT2D eigenvalue weighted by molar-refractivity contribution is 6.19. The fraction of sp³-hybridized carbons (Fsp3) is 0. The van der Waals surface area contributed by atoms with Crippen molar-refractivity contribution in [2.45, 2.75) is 0 Å². The molecule has 0 radical (unpaired) electrons. The first kappa shape index (κ1) is 28.4. The monoisotopic (exact) mass is 636 g/mol. The molecular formula is C48H32N2. The molecule has 2 heteroatoms. The van der Waals surface area contributed by atoms with Gasteiger partial charge in [0.05, 0.1) is 22.1 Å². The van der Waals surface area contributed by atoms with E-state index in [1.54, 1.807) is 0 Å². The van der Waals surface area contributed by atoms with Gasteiger partial charge in [-0.15, -0.1) is 0 Å². The molecule has 0 fully saturated rings. The Balaban J connectivity index is 1.25. The van der Waals surface area contributed by atoms with Crippen LogP contribution in [-0.4, -0.2) is 9.13 Å². The van der Waals surface area contributed by atoms with Crippen molar-refractivity contribution in [1.82, 2.24) is 9.13 Å². The van der Waals surface area contributed by atoms with E-state index in [1.165, 1.54) is 77.0 Å². The lowest BCUT2D eigenvalue weighted by molar-refractivity contribution is 1.16. The average molecular weight is 637 g/mol. The fourth-order valence-corrected chi connectivity index (χ4v) is 7.75. The molecule has 0 spiro atoms. The van der Waals surface area contributed by atoms with Crippen LogP contribution in [0.15, 0.2) is 194 Å². The lowest BCUT2D eigenvalue weighted by atomic mass is 9.96. The summed E-state index contributed by atoms with van der Waals surface area (Å²) in [5.41, 5.74) is 14.3. The maximum absolute atomic E-state index is 2.46. The predicted octanol–water partition coefficient (Wildman–Crippen LogP) is 12.9. The molecule has 0 atom stereocenters. The summed E-state index contributed by atoms with van der Waals surface area (Å²) in [4.78, 5) is 0. The Morgan fingerprint density at radius 1 is 0.220 bits per heavy atom. The van der Waals surface area contributed by atoms with Crippen molar-refractivity contribution in [3.05, 3.63) is 194 Å². The highest BCUT2D eigenvalue weighted by Gasteiger charge is 2.19. The molecule has 0 saturated heterocycles. The molecule has 0 saturated carbocycles. The second kappa shape index (κ2) is 11.5. The van der Waals surface area contributed by atoms with E-state index in [0.29, 0.717) is 0 Å². The Morgan fingerprint density at radius 2 is 0.620 bits per heavy atom. The van der Waals surface area contributed by atoms with Gasteiger partial charge in [0.2, 0.25) is 0 Å². The molecule has 10 rings (SSSR count). The zero-order valence-electron chi connectivity index (χ0n) is 27.4. The van der Waals surface area contributed by atoms with E-state index < -0.39 is 0 Å². The maximum atomic E-state index is 2.46. The van der Waals surface area contributed by atoms with Crippen LogP contribution in [0.25, 0.3) is 88.4 Å². The van der Waals surface area contributed by atoms with Crippen LogP contribution >= 0.6 is 0 Å². The number of benzene rings is 8. The summed E-state index contributed by atoms with van der Waals surface area (Å²) in [5.74, 6) is 0. The van der Waals surface area contributed by atoms with Crippen molar-refractivity contribution in [3.8, 4) is 44.8 Å². The van der Waals surface area contributed by atoms with Gasteiger partial charge in [0.25, 0.3) is 0 Å². The van der Waals surface area contributed by atoms with Crippen molar-refractivity contribution in [2.75, 3.05) is 0 Å². The first-order valence-electron chi connectivity index (χ1n) is 17.2. The number of rotatable bonds is 5. The number of para-hydroxylation sites is 3. The van der Waals surface area contributed by atoms with E-state index in [1.807, 2.05) is 0 Å². The normalized spacial score (nSPS) is 11.6. The third-order valence-electron chi connectivity index (χ3n) is 10.1.